The summed E-state index contributed by atoms with van der Waals surface area (Å²) in [5, 5.41) is 0. The van der Waals surface area contributed by atoms with Gasteiger partial charge in [0.25, 0.3) is 0 Å². The Morgan fingerprint density at radius 2 is 1.75 bits per heavy atom. The molecule has 2 N–H and O–H groups in total. The van der Waals surface area contributed by atoms with Crippen LogP contribution < -0.4 is 5.73 Å². The summed E-state index contributed by atoms with van der Waals surface area (Å²) in [7, 11) is 2.02. The Kier molecular flexibility index (Phi) is 2.89. The lowest BCUT2D eigenvalue weighted by molar-refractivity contribution is 0.590. The predicted molar refractivity (Wildman–Crippen MR) is 83.7 cm³/mol. The van der Waals surface area contributed by atoms with Crippen LogP contribution in [0.3, 0.4) is 0 Å². The van der Waals surface area contributed by atoms with E-state index in [0.717, 1.165) is 22.9 Å². The maximum absolute atomic E-state index is 6.23. The van der Waals surface area contributed by atoms with Crippen LogP contribution in [0.15, 0.2) is 24.3 Å². The van der Waals surface area contributed by atoms with E-state index in [-0.39, 0.29) is 5.41 Å². The summed E-state index contributed by atoms with van der Waals surface area (Å²) in [6, 6.07) is 8.63. The summed E-state index contributed by atoms with van der Waals surface area (Å²) >= 11 is 0. The van der Waals surface area contributed by atoms with E-state index in [4.69, 9.17) is 10.7 Å². The molecule has 1 saturated carbocycles. The van der Waals surface area contributed by atoms with E-state index in [0.29, 0.717) is 5.92 Å². The van der Waals surface area contributed by atoms with Crippen LogP contribution in [0.4, 0.5) is 5.82 Å². The Balaban J connectivity index is 1.99. The molecule has 1 aliphatic carbocycles. The molecule has 1 aromatic carbocycles. The third-order valence-electron chi connectivity index (χ3n) is 4.14. The number of anilines is 1. The molecule has 0 atom stereocenters. The summed E-state index contributed by atoms with van der Waals surface area (Å²) < 4.78 is 2.05. The topological polar surface area (TPSA) is 43.8 Å². The minimum atomic E-state index is 0.174. The molecular formula is C17H23N3. The van der Waals surface area contributed by atoms with Gasteiger partial charge in [-0.25, -0.2) is 4.98 Å². The van der Waals surface area contributed by atoms with Gasteiger partial charge in [-0.2, -0.15) is 0 Å². The summed E-state index contributed by atoms with van der Waals surface area (Å²) in [6.45, 7) is 6.67. The number of rotatable bonds is 2. The van der Waals surface area contributed by atoms with Crippen LogP contribution in [0.2, 0.25) is 0 Å². The molecule has 3 heteroatoms. The predicted octanol–water partition coefficient (Wildman–Crippen LogP) is 3.84. The fourth-order valence-corrected chi connectivity index (χ4v) is 2.58. The molecule has 3 nitrogen and oxygen atoms in total. The Labute approximate surface area is 120 Å². The van der Waals surface area contributed by atoms with E-state index in [9.17, 15) is 0 Å². The van der Waals surface area contributed by atoms with Crippen molar-refractivity contribution in [2.24, 2.45) is 7.05 Å². The smallest absolute Gasteiger partial charge is 0.131 e. The fourth-order valence-electron chi connectivity index (χ4n) is 2.58. The normalized spacial score (nSPS) is 15.6. The van der Waals surface area contributed by atoms with Crippen molar-refractivity contribution in [2.75, 3.05) is 5.73 Å². The molecule has 2 aromatic rings. The summed E-state index contributed by atoms with van der Waals surface area (Å²) in [5.74, 6) is 2.53. The van der Waals surface area contributed by atoms with Gasteiger partial charge in [-0.05, 0) is 23.8 Å². The number of benzene rings is 1. The van der Waals surface area contributed by atoms with Crippen LogP contribution in [0.5, 0.6) is 0 Å². The van der Waals surface area contributed by atoms with Crippen LogP contribution in [0, 0.1) is 0 Å². The molecule has 0 radical (unpaired) electrons. The lowest BCUT2D eigenvalue weighted by atomic mass is 9.86. The molecule has 1 aromatic heterocycles. The lowest BCUT2D eigenvalue weighted by Gasteiger charge is -2.19. The minimum absolute atomic E-state index is 0.174. The highest BCUT2D eigenvalue weighted by molar-refractivity contribution is 5.71. The number of imidazole rings is 1. The first-order valence-electron chi connectivity index (χ1n) is 7.31. The van der Waals surface area contributed by atoms with E-state index in [1.54, 1.807) is 0 Å². The first-order valence-corrected chi connectivity index (χ1v) is 7.31. The molecule has 1 aliphatic rings. The number of aromatic nitrogens is 2. The van der Waals surface area contributed by atoms with Crippen molar-refractivity contribution in [3.8, 4) is 11.3 Å². The maximum atomic E-state index is 6.23. The zero-order valence-corrected chi connectivity index (χ0v) is 12.8. The van der Waals surface area contributed by atoms with Gasteiger partial charge in [-0.1, -0.05) is 45.0 Å². The van der Waals surface area contributed by atoms with Gasteiger partial charge >= 0.3 is 0 Å². The Morgan fingerprint density at radius 1 is 1.15 bits per heavy atom. The molecule has 1 heterocycles. The van der Waals surface area contributed by atoms with Gasteiger partial charge in [0.05, 0.1) is 0 Å². The second-order valence-corrected chi connectivity index (χ2v) is 6.86. The van der Waals surface area contributed by atoms with Crippen molar-refractivity contribution in [3.05, 3.63) is 35.7 Å². The van der Waals surface area contributed by atoms with Gasteiger partial charge in [0.2, 0.25) is 0 Å². The van der Waals surface area contributed by atoms with E-state index in [2.05, 4.69) is 45.0 Å². The van der Waals surface area contributed by atoms with Crippen molar-refractivity contribution >= 4 is 5.82 Å². The van der Waals surface area contributed by atoms with Gasteiger partial charge in [-0.3, -0.25) is 0 Å². The number of hydrogen-bond acceptors (Lipinski definition) is 2. The van der Waals surface area contributed by atoms with Crippen LogP contribution in [0.25, 0.3) is 11.3 Å². The molecule has 0 aliphatic heterocycles. The number of hydrogen-bond donors (Lipinski definition) is 1. The van der Waals surface area contributed by atoms with Crippen LogP contribution >= 0.6 is 0 Å². The Morgan fingerprint density at radius 3 is 2.25 bits per heavy atom. The van der Waals surface area contributed by atoms with Crippen molar-refractivity contribution in [1.82, 2.24) is 9.55 Å². The average Bonchev–Trinajstić information content (AvgIpc) is 3.18. The third-order valence-corrected chi connectivity index (χ3v) is 4.14. The maximum Gasteiger partial charge on any atom is 0.131 e. The first-order chi connectivity index (χ1) is 9.38. The number of nitrogens with two attached hydrogens (primary N) is 1. The number of nitrogen functional groups attached to an aromatic ring is 1. The minimum Gasteiger partial charge on any atom is -0.383 e. The first kappa shape index (κ1) is 13.2. The van der Waals surface area contributed by atoms with Crippen molar-refractivity contribution in [2.45, 2.75) is 44.9 Å². The highest BCUT2D eigenvalue weighted by Crippen LogP contribution is 2.41. The molecule has 106 valence electrons. The molecule has 0 unspecified atom stereocenters. The van der Waals surface area contributed by atoms with Gasteiger partial charge < -0.3 is 10.3 Å². The molecule has 0 bridgehead atoms. The van der Waals surface area contributed by atoms with Crippen LogP contribution in [-0.2, 0) is 12.5 Å². The summed E-state index contributed by atoms with van der Waals surface area (Å²) in [4.78, 5) is 4.77. The van der Waals surface area contributed by atoms with Crippen molar-refractivity contribution in [3.63, 3.8) is 0 Å². The zero-order chi connectivity index (χ0) is 14.5. The Hall–Kier alpha value is -1.77. The highest BCUT2D eigenvalue weighted by atomic mass is 15.1. The fraction of sp³-hybridized carbons (Fsp3) is 0.471. The molecule has 3 rings (SSSR count). The molecule has 1 fully saturated rings. The van der Waals surface area contributed by atoms with Crippen LogP contribution in [-0.4, -0.2) is 9.55 Å². The van der Waals surface area contributed by atoms with Crippen molar-refractivity contribution in [1.29, 1.82) is 0 Å². The SMILES string of the molecule is Cn1c(C2CC2)nc(-c2ccc(C(C)(C)C)cc2)c1N. The van der Waals surface area contributed by atoms with Crippen molar-refractivity contribution < 1.29 is 0 Å². The van der Waals surface area contributed by atoms with E-state index < -0.39 is 0 Å². The van der Waals surface area contributed by atoms with Gasteiger partial charge in [0, 0.05) is 18.5 Å². The van der Waals surface area contributed by atoms with E-state index in [1.165, 1.54) is 18.4 Å². The standard InChI is InChI=1S/C17H23N3/c1-17(2,3)13-9-7-11(8-10-13)14-15(18)20(4)16(19-14)12-5-6-12/h7-10,12H,5-6,18H2,1-4H3. The highest BCUT2D eigenvalue weighted by Gasteiger charge is 2.29. The molecule has 0 saturated heterocycles. The van der Waals surface area contributed by atoms with E-state index >= 15 is 0 Å². The summed E-state index contributed by atoms with van der Waals surface area (Å²) in [6.07, 6.45) is 2.49. The average molecular weight is 269 g/mol. The van der Waals surface area contributed by atoms with Gasteiger partial charge in [0.15, 0.2) is 0 Å². The molecule has 0 spiro atoms. The van der Waals surface area contributed by atoms with Crippen LogP contribution in [0.1, 0.15) is 50.9 Å². The molecule has 0 amide bonds. The monoisotopic (exact) mass is 269 g/mol. The quantitative estimate of drug-likeness (QED) is 0.900. The third kappa shape index (κ3) is 2.21. The van der Waals surface area contributed by atoms with E-state index in [1.807, 2.05) is 11.6 Å². The number of nitrogens with zero attached hydrogens (tertiary/aromatic N) is 2. The Bertz CT molecular complexity index is 625. The summed E-state index contributed by atoms with van der Waals surface area (Å²) in [5.41, 5.74) is 9.77. The second-order valence-electron chi connectivity index (χ2n) is 6.86. The van der Waals surface area contributed by atoms with Gasteiger partial charge in [0.1, 0.15) is 17.3 Å². The largest absolute Gasteiger partial charge is 0.383 e. The van der Waals surface area contributed by atoms with Gasteiger partial charge in [-0.15, -0.1) is 0 Å². The second kappa shape index (κ2) is 4.37. The molecular weight excluding hydrogens is 246 g/mol. The zero-order valence-electron chi connectivity index (χ0n) is 12.8. The molecule has 20 heavy (non-hydrogen) atoms. The lowest BCUT2D eigenvalue weighted by Crippen LogP contribution is -2.10.